The Labute approximate surface area is 187 Å². The fourth-order valence-corrected chi connectivity index (χ4v) is 6.52. The molecule has 6 nitrogen and oxygen atoms in total. The van der Waals surface area contributed by atoms with Gasteiger partial charge < -0.3 is 24.6 Å². The normalized spacial score (nSPS) is 33.0. The van der Waals surface area contributed by atoms with Gasteiger partial charge in [0, 0.05) is 18.0 Å². The highest BCUT2D eigenvalue weighted by Gasteiger charge is 2.72. The van der Waals surface area contributed by atoms with Crippen LogP contribution in [0.4, 0.5) is 0 Å². The lowest BCUT2D eigenvalue weighted by molar-refractivity contribution is -0.169. The van der Waals surface area contributed by atoms with Gasteiger partial charge in [0.1, 0.15) is 5.76 Å². The fraction of sp³-hybridized carbons (Fsp3) is 0.423. The largest absolute Gasteiger partial charge is 0.504 e. The number of carbonyl (C=O) groups excluding carboxylic acids is 1. The Bertz CT molecular complexity index is 1140. The first-order chi connectivity index (χ1) is 15.4. The SMILES string of the molecule is C[C@@H](C(=O)OC1=CC[C@@]2(O)[C@H]3Cc4ccc(O)c5c4C2(CCN3C)C1O5)c1ccccc1. The van der Waals surface area contributed by atoms with Crippen LogP contribution in [-0.2, 0) is 21.4 Å². The molecule has 2 aromatic rings. The van der Waals surface area contributed by atoms with Gasteiger partial charge in [0.05, 0.1) is 16.9 Å². The van der Waals surface area contributed by atoms with Gasteiger partial charge in [0.2, 0.25) is 0 Å². The lowest BCUT2D eigenvalue weighted by atomic mass is 9.50. The van der Waals surface area contributed by atoms with Crippen molar-refractivity contribution < 1.29 is 24.5 Å². The Morgan fingerprint density at radius 2 is 2.03 bits per heavy atom. The summed E-state index contributed by atoms with van der Waals surface area (Å²) >= 11 is 0. The van der Waals surface area contributed by atoms with Gasteiger partial charge in [-0.05, 0) is 56.6 Å². The number of hydrogen-bond acceptors (Lipinski definition) is 6. The molecule has 32 heavy (non-hydrogen) atoms. The third-order valence-electron chi connectivity index (χ3n) is 8.22. The zero-order chi connectivity index (χ0) is 22.3. The van der Waals surface area contributed by atoms with Crippen molar-refractivity contribution in [1.82, 2.24) is 4.90 Å². The summed E-state index contributed by atoms with van der Waals surface area (Å²) in [5, 5.41) is 22.7. The Kier molecular flexibility index (Phi) is 4.08. The molecule has 2 aliphatic heterocycles. The number of nitrogens with zero attached hydrogens (tertiary/aromatic N) is 1. The second-order valence-corrected chi connectivity index (χ2v) is 9.66. The van der Waals surface area contributed by atoms with Crippen LogP contribution >= 0.6 is 0 Å². The molecule has 0 aromatic heterocycles. The third-order valence-corrected chi connectivity index (χ3v) is 8.22. The second kappa shape index (κ2) is 6.59. The summed E-state index contributed by atoms with van der Waals surface area (Å²) in [7, 11) is 2.05. The number of aromatic hydroxyl groups is 1. The molecule has 2 aliphatic carbocycles. The van der Waals surface area contributed by atoms with Gasteiger partial charge in [-0.1, -0.05) is 36.4 Å². The van der Waals surface area contributed by atoms with Gasteiger partial charge in [-0.2, -0.15) is 0 Å². The lowest BCUT2D eigenvalue weighted by Gasteiger charge is -2.61. The van der Waals surface area contributed by atoms with E-state index in [1.807, 2.05) is 56.4 Å². The number of rotatable bonds is 3. The number of hydrogen-bond donors (Lipinski definition) is 2. The molecule has 6 heteroatoms. The van der Waals surface area contributed by atoms with E-state index in [2.05, 4.69) is 4.90 Å². The summed E-state index contributed by atoms with van der Waals surface area (Å²) in [5.41, 5.74) is 1.07. The van der Waals surface area contributed by atoms with Crippen molar-refractivity contribution in [3.8, 4) is 11.5 Å². The number of phenolic OH excluding ortho intramolecular Hbond substituents is 1. The molecule has 1 fully saturated rings. The average Bonchev–Trinajstić information content (AvgIpc) is 3.16. The Balaban J connectivity index is 1.43. The molecule has 2 N–H and O–H groups in total. The highest BCUT2D eigenvalue weighted by atomic mass is 16.6. The average molecular weight is 434 g/mol. The first-order valence-corrected chi connectivity index (χ1v) is 11.3. The molecule has 1 saturated heterocycles. The quantitative estimate of drug-likeness (QED) is 0.725. The topological polar surface area (TPSA) is 79.2 Å². The van der Waals surface area contributed by atoms with Gasteiger partial charge in [-0.3, -0.25) is 4.79 Å². The van der Waals surface area contributed by atoms with Gasteiger partial charge in [-0.25, -0.2) is 0 Å². The van der Waals surface area contributed by atoms with E-state index in [-0.39, 0.29) is 17.8 Å². The van der Waals surface area contributed by atoms with E-state index in [1.54, 1.807) is 6.07 Å². The van der Waals surface area contributed by atoms with Gasteiger partial charge in [0.25, 0.3) is 0 Å². The van der Waals surface area contributed by atoms with E-state index in [9.17, 15) is 15.0 Å². The monoisotopic (exact) mass is 433 g/mol. The van der Waals surface area contributed by atoms with Crippen molar-refractivity contribution in [2.75, 3.05) is 13.6 Å². The third kappa shape index (κ3) is 2.34. The van der Waals surface area contributed by atoms with E-state index in [0.717, 1.165) is 23.2 Å². The molecule has 2 unspecified atom stereocenters. The van der Waals surface area contributed by atoms with Crippen LogP contribution in [0.3, 0.4) is 0 Å². The first-order valence-electron chi connectivity index (χ1n) is 11.3. The van der Waals surface area contributed by atoms with Crippen LogP contribution in [0.25, 0.3) is 0 Å². The zero-order valence-electron chi connectivity index (χ0n) is 18.2. The fourth-order valence-electron chi connectivity index (χ4n) is 6.52. The summed E-state index contributed by atoms with van der Waals surface area (Å²) in [6, 6.07) is 13.1. The van der Waals surface area contributed by atoms with Crippen molar-refractivity contribution >= 4 is 5.97 Å². The van der Waals surface area contributed by atoms with Crippen molar-refractivity contribution in [3.05, 3.63) is 71.0 Å². The highest BCUT2D eigenvalue weighted by molar-refractivity contribution is 5.79. The van der Waals surface area contributed by atoms with Crippen molar-refractivity contribution in [2.45, 2.75) is 55.3 Å². The van der Waals surface area contributed by atoms with Crippen LogP contribution < -0.4 is 4.74 Å². The van der Waals surface area contributed by atoms with Crippen LogP contribution in [0.5, 0.6) is 11.5 Å². The lowest BCUT2D eigenvalue weighted by Crippen LogP contribution is -2.74. The molecule has 5 atom stereocenters. The number of aliphatic hydroxyl groups is 1. The maximum Gasteiger partial charge on any atom is 0.318 e. The van der Waals surface area contributed by atoms with Crippen molar-refractivity contribution in [3.63, 3.8) is 0 Å². The minimum atomic E-state index is -1.06. The highest BCUT2D eigenvalue weighted by Crippen LogP contribution is 2.65. The van der Waals surface area contributed by atoms with Crippen LogP contribution in [0.1, 0.15) is 42.4 Å². The summed E-state index contributed by atoms with van der Waals surface area (Å²) in [6.45, 7) is 2.62. The number of ether oxygens (including phenoxy) is 2. The van der Waals surface area contributed by atoms with Crippen molar-refractivity contribution in [1.29, 1.82) is 0 Å². The van der Waals surface area contributed by atoms with E-state index >= 15 is 0 Å². The molecule has 4 aliphatic rings. The molecule has 0 saturated carbocycles. The molecular formula is C26H27NO5. The smallest absolute Gasteiger partial charge is 0.318 e. The van der Waals surface area contributed by atoms with Crippen molar-refractivity contribution in [2.24, 2.45) is 0 Å². The van der Waals surface area contributed by atoms with Crippen LogP contribution in [0.2, 0.25) is 0 Å². The second-order valence-electron chi connectivity index (χ2n) is 9.66. The number of benzene rings is 2. The summed E-state index contributed by atoms with van der Waals surface area (Å²) in [6.07, 6.45) is 2.90. The van der Waals surface area contributed by atoms with Crippen LogP contribution in [0.15, 0.2) is 54.3 Å². The molecule has 2 aromatic carbocycles. The number of carbonyl (C=O) groups is 1. The predicted molar refractivity (Wildman–Crippen MR) is 118 cm³/mol. The minimum Gasteiger partial charge on any atom is -0.504 e. The predicted octanol–water partition coefficient (Wildman–Crippen LogP) is 3.02. The van der Waals surface area contributed by atoms with E-state index in [1.165, 1.54) is 0 Å². The van der Waals surface area contributed by atoms with E-state index in [4.69, 9.17) is 9.47 Å². The number of esters is 1. The summed E-state index contributed by atoms with van der Waals surface area (Å²) in [4.78, 5) is 15.3. The Morgan fingerprint density at radius 1 is 1.25 bits per heavy atom. The van der Waals surface area contributed by atoms with Gasteiger partial charge in [0.15, 0.2) is 17.6 Å². The molecule has 0 amide bonds. The number of likely N-dealkylation sites (N-methyl/N-ethyl adjacent to an activating group) is 1. The number of likely N-dealkylation sites (tertiary alicyclic amines) is 1. The van der Waals surface area contributed by atoms with Gasteiger partial charge >= 0.3 is 5.97 Å². The zero-order valence-corrected chi connectivity index (χ0v) is 18.2. The molecule has 2 bridgehead atoms. The summed E-state index contributed by atoms with van der Waals surface area (Å²) in [5.74, 6) is 0.145. The molecule has 1 spiro atoms. The Morgan fingerprint density at radius 3 is 2.81 bits per heavy atom. The van der Waals surface area contributed by atoms with E-state index in [0.29, 0.717) is 30.8 Å². The standard InChI is InChI=1S/C26H27NO5/c1-15(16-6-4-3-5-7-16)24(29)31-19-10-11-26(30)20-14-17-8-9-18(28)22-21(17)25(26,23(19)32-22)12-13-27(20)2/h3-10,15,20,23,28,30H,11-14H2,1-2H3/t15-,20-,23?,25?,26-/m1/s1. The first kappa shape index (κ1) is 19.8. The molecule has 2 heterocycles. The van der Waals surface area contributed by atoms with Crippen LogP contribution in [0, 0.1) is 0 Å². The van der Waals surface area contributed by atoms with Gasteiger partial charge in [-0.15, -0.1) is 0 Å². The summed E-state index contributed by atoms with van der Waals surface area (Å²) < 4.78 is 12.3. The molecule has 6 rings (SSSR count). The molecule has 166 valence electrons. The maximum absolute atomic E-state index is 13.1. The van der Waals surface area contributed by atoms with Crippen LogP contribution in [-0.4, -0.2) is 52.4 Å². The Hall–Kier alpha value is -2.83. The molecule has 0 radical (unpaired) electrons. The number of piperidine rings is 1. The molecular weight excluding hydrogens is 406 g/mol. The minimum absolute atomic E-state index is 0.0654. The maximum atomic E-state index is 13.1. The number of phenols is 1. The van der Waals surface area contributed by atoms with E-state index < -0.39 is 23.0 Å².